The molecule has 19 heavy (non-hydrogen) atoms. The van der Waals surface area contributed by atoms with Crippen LogP contribution in [-0.2, 0) is 13.5 Å². The van der Waals surface area contributed by atoms with Crippen molar-refractivity contribution in [3.8, 4) is 5.75 Å². The number of hydrogen-bond acceptors (Lipinski definition) is 3. The van der Waals surface area contributed by atoms with Crippen molar-refractivity contribution in [1.29, 1.82) is 0 Å². The molecule has 4 heteroatoms. The number of rotatable bonds is 5. The summed E-state index contributed by atoms with van der Waals surface area (Å²) in [4.78, 5) is 4.26. The lowest BCUT2D eigenvalue weighted by Gasteiger charge is -2.12. The number of aromatic nitrogens is 2. The van der Waals surface area contributed by atoms with Crippen LogP contribution in [0.15, 0.2) is 30.6 Å². The van der Waals surface area contributed by atoms with E-state index in [1.165, 1.54) is 0 Å². The number of aliphatic hydroxyl groups is 1. The Balaban J connectivity index is 1.95. The maximum Gasteiger partial charge on any atom is 0.122 e. The molecule has 0 amide bonds. The van der Waals surface area contributed by atoms with Gasteiger partial charge in [-0.3, -0.25) is 0 Å². The Morgan fingerprint density at radius 3 is 2.79 bits per heavy atom. The smallest absolute Gasteiger partial charge is 0.122 e. The van der Waals surface area contributed by atoms with Crippen molar-refractivity contribution in [2.45, 2.75) is 26.4 Å². The number of benzene rings is 1. The van der Waals surface area contributed by atoms with Crippen molar-refractivity contribution < 1.29 is 9.84 Å². The summed E-state index contributed by atoms with van der Waals surface area (Å²) in [5.74, 6) is 1.87. The fraction of sp³-hybridized carbons (Fsp3) is 0.400. The third kappa shape index (κ3) is 3.35. The van der Waals surface area contributed by atoms with Crippen LogP contribution in [-0.4, -0.2) is 21.3 Å². The molecule has 0 saturated heterocycles. The minimum Gasteiger partial charge on any atom is -0.493 e. The van der Waals surface area contributed by atoms with Crippen molar-refractivity contribution in [2.24, 2.45) is 7.05 Å². The Hall–Kier alpha value is -1.81. The molecular weight excluding hydrogens is 240 g/mol. The van der Waals surface area contributed by atoms with Gasteiger partial charge in [-0.05, 0) is 37.1 Å². The molecule has 102 valence electrons. The highest BCUT2D eigenvalue weighted by Gasteiger charge is 2.06. The Kier molecular flexibility index (Phi) is 4.22. The molecule has 0 aliphatic rings. The quantitative estimate of drug-likeness (QED) is 0.898. The molecule has 0 bridgehead atoms. The van der Waals surface area contributed by atoms with E-state index in [1.54, 1.807) is 13.1 Å². The van der Waals surface area contributed by atoms with Crippen LogP contribution >= 0.6 is 0 Å². The second-order valence-corrected chi connectivity index (χ2v) is 4.75. The lowest BCUT2D eigenvalue weighted by Crippen LogP contribution is -2.07. The molecule has 1 atom stereocenters. The molecule has 2 aromatic rings. The Morgan fingerprint density at radius 1 is 1.42 bits per heavy atom. The zero-order chi connectivity index (χ0) is 13.8. The van der Waals surface area contributed by atoms with E-state index < -0.39 is 6.10 Å². The molecule has 1 aromatic heterocycles. The maximum absolute atomic E-state index is 9.52. The Bertz CT molecular complexity index is 547. The monoisotopic (exact) mass is 260 g/mol. The van der Waals surface area contributed by atoms with Gasteiger partial charge in [-0.15, -0.1) is 0 Å². The van der Waals surface area contributed by atoms with E-state index in [2.05, 4.69) is 4.98 Å². The summed E-state index contributed by atoms with van der Waals surface area (Å²) in [5, 5.41) is 9.52. The number of imidazole rings is 1. The van der Waals surface area contributed by atoms with Crippen LogP contribution in [0.4, 0.5) is 0 Å². The first-order valence-corrected chi connectivity index (χ1v) is 6.45. The van der Waals surface area contributed by atoms with Crippen LogP contribution < -0.4 is 4.74 Å². The fourth-order valence-electron chi connectivity index (χ4n) is 1.98. The van der Waals surface area contributed by atoms with Gasteiger partial charge >= 0.3 is 0 Å². The van der Waals surface area contributed by atoms with E-state index in [1.807, 2.05) is 42.9 Å². The van der Waals surface area contributed by atoms with Gasteiger partial charge in [-0.1, -0.05) is 6.07 Å². The zero-order valence-corrected chi connectivity index (χ0v) is 11.6. The van der Waals surface area contributed by atoms with Crippen LogP contribution in [0.25, 0.3) is 0 Å². The van der Waals surface area contributed by atoms with Gasteiger partial charge < -0.3 is 14.4 Å². The number of aryl methyl sites for hydroxylation is 2. The van der Waals surface area contributed by atoms with Crippen LogP contribution in [0.5, 0.6) is 5.75 Å². The van der Waals surface area contributed by atoms with Crippen molar-refractivity contribution in [2.75, 3.05) is 6.61 Å². The normalized spacial score (nSPS) is 12.4. The molecule has 1 aromatic carbocycles. The van der Waals surface area contributed by atoms with Crippen molar-refractivity contribution in [1.82, 2.24) is 9.55 Å². The van der Waals surface area contributed by atoms with Gasteiger partial charge in [0.1, 0.15) is 11.6 Å². The van der Waals surface area contributed by atoms with Crippen molar-refractivity contribution in [3.05, 3.63) is 47.5 Å². The molecule has 0 unspecified atom stereocenters. The van der Waals surface area contributed by atoms with E-state index in [-0.39, 0.29) is 0 Å². The summed E-state index contributed by atoms with van der Waals surface area (Å²) in [6, 6.07) is 5.77. The molecule has 4 nitrogen and oxygen atoms in total. The summed E-state index contributed by atoms with van der Waals surface area (Å²) >= 11 is 0. The average molecular weight is 260 g/mol. The lowest BCUT2D eigenvalue weighted by atomic mass is 10.1. The van der Waals surface area contributed by atoms with Gasteiger partial charge in [-0.25, -0.2) is 4.98 Å². The van der Waals surface area contributed by atoms with Gasteiger partial charge in [0.15, 0.2) is 0 Å². The Labute approximate surface area is 113 Å². The average Bonchev–Trinajstić information content (AvgIpc) is 2.77. The zero-order valence-electron chi connectivity index (χ0n) is 11.6. The first kappa shape index (κ1) is 13.6. The number of nitrogens with zero attached hydrogens (tertiary/aromatic N) is 2. The molecule has 0 radical (unpaired) electrons. The van der Waals surface area contributed by atoms with Gasteiger partial charge in [0.2, 0.25) is 0 Å². The van der Waals surface area contributed by atoms with Crippen molar-refractivity contribution in [3.63, 3.8) is 0 Å². The van der Waals surface area contributed by atoms with Gasteiger partial charge in [-0.2, -0.15) is 0 Å². The molecule has 0 aliphatic heterocycles. The summed E-state index contributed by atoms with van der Waals surface area (Å²) in [6.45, 7) is 4.35. The predicted octanol–water partition coefficient (Wildman–Crippen LogP) is 2.40. The minimum atomic E-state index is -0.444. The molecular formula is C15H20N2O2. The molecule has 1 N–H and O–H groups in total. The predicted molar refractivity (Wildman–Crippen MR) is 74.2 cm³/mol. The van der Waals surface area contributed by atoms with Gasteiger partial charge in [0, 0.05) is 25.9 Å². The second-order valence-electron chi connectivity index (χ2n) is 4.75. The summed E-state index contributed by atoms with van der Waals surface area (Å²) in [5.41, 5.74) is 1.95. The molecule has 1 heterocycles. The van der Waals surface area contributed by atoms with E-state index >= 15 is 0 Å². The van der Waals surface area contributed by atoms with Crippen LogP contribution in [0, 0.1) is 6.92 Å². The fourth-order valence-corrected chi connectivity index (χ4v) is 1.98. The SMILES string of the molecule is Cc1cc([C@@H](C)O)ccc1OCCc1nccn1C. The summed E-state index contributed by atoms with van der Waals surface area (Å²) in [6.07, 6.45) is 4.05. The van der Waals surface area contributed by atoms with Gasteiger partial charge in [0.25, 0.3) is 0 Å². The highest BCUT2D eigenvalue weighted by molar-refractivity contribution is 5.36. The standard InChI is InChI=1S/C15H20N2O2/c1-11-10-13(12(2)18)4-5-14(11)19-9-6-15-16-7-8-17(15)3/h4-5,7-8,10,12,18H,6,9H2,1-3H3/t12-/m1/s1. The highest BCUT2D eigenvalue weighted by Crippen LogP contribution is 2.22. The van der Waals surface area contributed by atoms with Crippen molar-refractivity contribution >= 4 is 0 Å². The molecule has 0 fully saturated rings. The Morgan fingerprint density at radius 2 is 2.21 bits per heavy atom. The molecule has 2 rings (SSSR count). The van der Waals surface area contributed by atoms with Gasteiger partial charge in [0.05, 0.1) is 12.7 Å². The summed E-state index contributed by atoms with van der Waals surface area (Å²) < 4.78 is 7.76. The lowest BCUT2D eigenvalue weighted by molar-refractivity contribution is 0.199. The third-order valence-electron chi connectivity index (χ3n) is 3.19. The van der Waals surface area contributed by atoms with Crippen LogP contribution in [0.1, 0.15) is 30.0 Å². The summed E-state index contributed by atoms with van der Waals surface area (Å²) in [7, 11) is 1.98. The van der Waals surface area contributed by atoms with E-state index in [9.17, 15) is 5.11 Å². The second kappa shape index (κ2) is 5.89. The first-order valence-electron chi connectivity index (χ1n) is 6.45. The van der Waals surface area contributed by atoms with Crippen LogP contribution in [0.3, 0.4) is 0 Å². The number of ether oxygens (including phenoxy) is 1. The van der Waals surface area contributed by atoms with Crippen LogP contribution in [0.2, 0.25) is 0 Å². The molecule has 0 spiro atoms. The molecule has 0 saturated carbocycles. The highest BCUT2D eigenvalue weighted by atomic mass is 16.5. The topological polar surface area (TPSA) is 47.3 Å². The molecule has 0 aliphatic carbocycles. The maximum atomic E-state index is 9.52. The number of hydrogen-bond donors (Lipinski definition) is 1. The first-order chi connectivity index (χ1) is 9.08. The van der Waals surface area contributed by atoms with E-state index in [0.717, 1.165) is 29.1 Å². The van der Waals surface area contributed by atoms with E-state index in [4.69, 9.17) is 4.74 Å². The third-order valence-corrected chi connectivity index (χ3v) is 3.19. The number of aliphatic hydroxyl groups excluding tert-OH is 1. The van der Waals surface area contributed by atoms with E-state index in [0.29, 0.717) is 6.61 Å². The minimum absolute atomic E-state index is 0.444. The largest absolute Gasteiger partial charge is 0.493 e.